The molecule has 0 bridgehead atoms. The number of carboxylic acid groups (broad SMARTS) is 1. The van der Waals surface area contributed by atoms with Gasteiger partial charge in [-0.15, -0.1) is 0 Å². The van der Waals surface area contributed by atoms with Crippen molar-refractivity contribution >= 4 is 32.7 Å². The van der Waals surface area contributed by atoms with Gasteiger partial charge >= 0.3 is 5.97 Å². The highest BCUT2D eigenvalue weighted by atomic mass is 79.9. The molecule has 0 aromatic heterocycles. The molecule has 0 amide bonds. The van der Waals surface area contributed by atoms with E-state index in [2.05, 4.69) is 15.9 Å². The molecule has 0 heterocycles. The smallest absolute Gasteiger partial charge is 0.339 e. The van der Waals surface area contributed by atoms with Gasteiger partial charge in [0, 0.05) is 4.47 Å². The van der Waals surface area contributed by atoms with E-state index in [1.165, 1.54) is 6.07 Å². The van der Waals surface area contributed by atoms with Crippen LogP contribution in [0.2, 0.25) is 0 Å². The van der Waals surface area contributed by atoms with Crippen LogP contribution in [0.3, 0.4) is 0 Å². The Morgan fingerprint density at radius 1 is 0.917 bits per heavy atom. The minimum atomic E-state index is -1.03. The number of halogens is 1. The third-order valence-electron chi connectivity index (χ3n) is 3.50. The predicted octanol–water partition coefficient (Wildman–Crippen LogP) is 4.76. The molecule has 0 aliphatic carbocycles. The first-order valence-electron chi connectivity index (χ1n) is 7.41. The molecule has 122 valence electrons. The summed E-state index contributed by atoms with van der Waals surface area (Å²) in [6.07, 6.45) is 0. The van der Waals surface area contributed by atoms with Crippen molar-refractivity contribution < 1.29 is 19.4 Å². The molecule has 0 fully saturated rings. The topological polar surface area (TPSA) is 55.8 Å². The van der Waals surface area contributed by atoms with E-state index in [9.17, 15) is 9.90 Å². The lowest BCUT2D eigenvalue weighted by molar-refractivity contribution is 0.0691. The summed E-state index contributed by atoms with van der Waals surface area (Å²) in [4.78, 5) is 11.2. The van der Waals surface area contributed by atoms with E-state index < -0.39 is 5.97 Å². The van der Waals surface area contributed by atoms with Crippen LogP contribution in [-0.4, -0.2) is 24.3 Å². The first-order valence-corrected chi connectivity index (χ1v) is 8.20. The Labute approximate surface area is 147 Å². The number of carboxylic acids is 1. The van der Waals surface area contributed by atoms with Crippen LogP contribution in [0.25, 0.3) is 10.8 Å². The molecule has 0 saturated carbocycles. The zero-order chi connectivity index (χ0) is 16.9. The Morgan fingerprint density at radius 3 is 2.46 bits per heavy atom. The van der Waals surface area contributed by atoms with Crippen LogP contribution < -0.4 is 9.47 Å². The van der Waals surface area contributed by atoms with Gasteiger partial charge in [0.15, 0.2) is 0 Å². The molecule has 3 rings (SSSR count). The van der Waals surface area contributed by atoms with Gasteiger partial charge in [0.25, 0.3) is 0 Å². The largest absolute Gasteiger partial charge is 0.490 e. The van der Waals surface area contributed by atoms with E-state index in [-0.39, 0.29) is 12.2 Å². The second-order valence-electron chi connectivity index (χ2n) is 5.15. The van der Waals surface area contributed by atoms with Crippen molar-refractivity contribution in [1.82, 2.24) is 0 Å². The minimum absolute atomic E-state index is 0.120. The molecule has 0 aliphatic rings. The fourth-order valence-corrected chi connectivity index (χ4v) is 2.72. The SMILES string of the molecule is O=C(O)c1cc(Br)ccc1OCCOc1ccc2ccccc2c1. The van der Waals surface area contributed by atoms with E-state index >= 15 is 0 Å². The van der Waals surface area contributed by atoms with Crippen LogP contribution >= 0.6 is 15.9 Å². The molecule has 3 aromatic rings. The van der Waals surface area contributed by atoms with Crippen LogP contribution in [0.4, 0.5) is 0 Å². The highest BCUT2D eigenvalue weighted by Gasteiger charge is 2.11. The molecule has 0 saturated heterocycles. The first kappa shape index (κ1) is 16.3. The number of carbonyl (C=O) groups is 1. The highest BCUT2D eigenvalue weighted by molar-refractivity contribution is 9.10. The van der Waals surface area contributed by atoms with Crippen molar-refractivity contribution in [2.24, 2.45) is 0 Å². The van der Waals surface area contributed by atoms with Crippen LogP contribution in [0, 0.1) is 0 Å². The second-order valence-corrected chi connectivity index (χ2v) is 6.07. The van der Waals surface area contributed by atoms with E-state index in [4.69, 9.17) is 9.47 Å². The molecular weight excluding hydrogens is 372 g/mol. The first-order chi connectivity index (χ1) is 11.6. The standard InChI is InChI=1S/C19H15BrO4/c20-15-6-8-18(17(12-15)19(21)22)24-10-9-23-16-7-5-13-3-1-2-4-14(13)11-16/h1-8,11-12H,9-10H2,(H,21,22). The number of aromatic carboxylic acids is 1. The maximum Gasteiger partial charge on any atom is 0.339 e. The summed E-state index contributed by atoms with van der Waals surface area (Å²) in [5.74, 6) is 0.0566. The molecule has 0 unspecified atom stereocenters. The minimum Gasteiger partial charge on any atom is -0.490 e. The summed E-state index contributed by atoms with van der Waals surface area (Å²) < 4.78 is 11.9. The average molecular weight is 387 g/mol. The number of hydrogen-bond donors (Lipinski definition) is 1. The van der Waals surface area contributed by atoms with Crippen molar-refractivity contribution in [2.45, 2.75) is 0 Å². The lowest BCUT2D eigenvalue weighted by Crippen LogP contribution is -2.11. The number of rotatable bonds is 6. The maximum atomic E-state index is 11.2. The molecule has 4 nitrogen and oxygen atoms in total. The molecule has 0 atom stereocenters. The summed E-state index contributed by atoms with van der Waals surface area (Å²) in [6, 6.07) is 18.8. The third-order valence-corrected chi connectivity index (χ3v) is 4.00. The fourth-order valence-electron chi connectivity index (χ4n) is 2.36. The van der Waals surface area contributed by atoms with Gasteiger partial charge in [0.1, 0.15) is 30.3 Å². The molecule has 0 radical (unpaired) electrons. The van der Waals surface area contributed by atoms with Crippen molar-refractivity contribution in [3.05, 3.63) is 70.7 Å². The van der Waals surface area contributed by atoms with Gasteiger partial charge in [0.2, 0.25) is 0 Å². The zero-order valence-electron chi connectivity index (χ0n) is 12.7. The van der Waals surface area contributed by atoms with E-state index in [0.717, 1.165) is 16.5 Å². The van der Waals surface area contributed by atoms with Gasteiger partial charge in [0.05, 0.1) is 0 Å². The maximum absolute atomic E-state index is 11.2. The van der Waals surface area contributed by atoms with Crippen molar-refractivity contribution in [1.29, 1.82) is 0 Å². The summed E-state index contributed by atoms with van der Waals surface area (Å²) in [7, 11) is 0. The zero-order valence-corrected chi connectivity index (χ0v) is 14.3. The lowest BCUT2D eigenvalue weighted by atomic mass is 10.1. The van der Waals surface area contributed by atoms with Gasteiger partial charge in [-0.3, -0.25) is 0 Å². The normalized spacial score (nSPS) is 10.5. The lowest BCUT2D eigenvalue weighted by Gasteiger charge is -2.11. The number of benzene rings is 3. The Bertz CT molecular complexity index is 876. The molecule has 0 aliphatic heterocycles. The Kier molecular flexibility index (Phi) is 5.01. The van der Waals surface area contributed by atoms with Crippen LogP contribution in [0.5, 0.6) is 11.5 Å². The van der Waals surface area contributed by atoms with Crippen LogP contribution in [0.1, 0.15) is 10.4 Å². The highest BCUT2D eigenvalue weighted by Crippen LogP contribution is 2.24. The van der Waals surface area contributed by atoms with E-state index in [1.54, 1.807) is 12.1 Å². The van der Waals surface area contributed by atoms with Crippen LogP contribution in [0.15, 0.2) is 65.1 Å². The molecular formula is C19H15BrO4. The number of ether oxygens (including phenoxy) is 2. The van der Waals surface area contributed by atoms with Crippen molar-refractivity contribution in [2.75, 3.05) is 13.2 Å². The molecule has 1 N–H and O–H groups in total. The van der Waals surface area contributed by atoms with Crippen LogP contribution in [-0.2, 0) is 0 Å². The summed E-state index contributed by atoms with van der Waals surface area (Å²) in [6.45, 7) is 0.586. The van der Waals surface area contributed by atoms with Gasteiger partial charge in [-0.2, -0.15) is 0 Å². The van der Waals surface area contributed by atoms with Gasteiger partial charge in [-0.1, -0.05) is 46.3 Å². The Balaban J connectivity index is 1.59. The summed E-state index contributed by atoms with van der Waals surface area (Å²) in [5.41, 5.74) is 0.120. The third kappa shape index (κ3) is 3.86. The quantitative estimate of drug-likeness (QED) is 0.620. The summed E-state index contributed by atoms with van der Waals surface area (Å²) in [5, 5.41) is 11.5. The predicted molar refractivity (Wildman–Crippen MR) is 96.0 cm³/mol. The Hall–Kier alpha value is -2.53. The fraction of sp³-hybridized carbons (Fsp3) is 0.105. The Morgan fingerprint density at radius 2 is 1.67 bits per heavy atom. The van der Waals surface area contributed by atoms with Gasteiger partial charge in [-0.05, 0) is 41.1 Å². The van der Waals surface area contributed by atoms with Crippen molar-refractivity contribution in [3.8, 4) is 11.5 Å². The molecule has 5 heteroatoms. The second kappa shape index (κ2) is 7.36. The molecule has 3 aromatic carbocycles. The molecule has 0 spiro atoms. The van der Waals surface area contributed by atoms with Gasteiger partial charge in [-0.25, -0.2) is 4.79 Å². The monoisotopic (exact) mass is 386 g/mol. The molecule has 24 heavy (non-hydrogen) atoms. The number of hydrogen-bond acceptors (Lipinski definition) is 3. The van der Waals surface area contributed by atoms with E-state index in [1.807, 2.05) is 42.5 Å². The van der Waals surface area contributed by atoms with Crippen molar-refractivity contribution in [3.63, 3.8) is 0 Å². The summed E-state index contributed by atoms with van der Waals surface area (Å²) >= 11 is 3.25. The van der Waals surface area contributed by atoms with E-state index in [0.29, 0.717) is 16.8 Å². The van der Waals surface area contributed by atoms with Gasteiger partial charge < -0.3 is 14.6 Å². The number of fused-ring (bicyclic) bond motifs is 1. The average Bonchev–Trinajstić information content (AvgIpc) is 2.59.